The van der Waals surface area contributed by atoms with Crippen molar-refractivity contribution < 1.29 is 14.3 Å². The summed E-state index contributed by atoms with van der Waals surface area (Å²) in [6, 6.07) is 7.51. The number of esters is 1. The number of thioether (sulfide) groups is 1. The topological polar surface area (TPSA) is 86.1 Å². The maximum absolute atomic E-state index is 12.2. The summed E-state index contributed by atoms with van der Waals surface area (Å²) >= 11 is 8.54. The minimum atomic E-state index is -0.336. The molecular formula is C19H19ClN4O3S2. The van der Waals surface area contributed by atoms with Crippen molar-refractivity contribution >= 4 is 51.7 Å². The second-order valence-corrected chi connectivity index (χ2v) is 8.19. The minimum Gasteiger partial charge on any atom is -0.466 e. The molecule has 2 aromatic heterocycles. The van der Waals surface area contributed by atoms with Crippen LogP contribution in [0.2, 0.25) is 5.02 Å². The highest BCUT2D eigenvalue weighted by molar-refractivity contribution is 7.99. The molecule has 10 heteroatoms. The molecule has 0 saturated carbocycles. The smallest absolute Gasteiger partial charge is 0.311 e. The van der Waals surface area contributed by atoms with Gasteiger partial charge in [-0.15, -0.1) is 11.3 Å². The lowest BCUT2D eigenvalue weighted by atomic mass is 10.2. The van der Waals surface area contributed by atoms with Crippen molar-refractivity contribution in [3.8, 4) is 11.3 Å². The van der Waals surface area contributed by atoms with Gasteiger partial charge in [0.1, 0.15) is 0 Å². The summed E-state index contributed by atoms with van der Waals surface area (Å²) in [6.45, 7) is 2.08. The lowest BCUT2D eigenvalue weighted by Gasteiger charge is -2.06. The lowest BCUT2D eigenvalue weighted by Crippen LogP contribution is -2.14. The number of benzene rings is 1. The van der Waals surface area contributed by atoms with Gasteiger partial charge in [0.05, 0.1) is 36.4 Å². The summed E-state index contributed by atoms with van der Waals surface area (Å²) in [5.74, 6) is -0.335. The molecule has 0 spiro atoms. The van der Waals surface area contributed by atoms with Crippen molar-refractivity contribution in [3.05, 3.63) is 46.6 Å². The Morgan fingerprint density at radius 1 is 1.31 bits per heavy atom. The standard InChI is InChI=1S/C19H19ClN4O3S2/c1-3-27-17(26)8-14-10-28-18(22-14)23-16(25)11-29-19-21-9-15(24(19)2)12-4-6-13(20)7-5-12/h4-7,9-10H,3,8,11H2,1-2H3,(H,22,23,25). The second kappa shape index (κ2) is 9.91. The molecule has 152 valence electrons. The number of halogens is 1. The highest BCUT2D eigenvalue weighted by Crippen LogP contribution is 2.26. The predicted octanol–water partition coefficient (Wildman–Crippen LogP) is 4.03. The summed E-state index contributed by atoms with van der Waals surface area (Å²) in [4.78, 5) is 32.4. The number of nitrogens with one attached hydrogen (secondary N) is 1. The molecule has 1 aromatic carbocycles. The molecule has 3 aromatic rings. The second-order valence-electron chi connectivity index (χ2n) is 5.95. The van der Waals surface area contributed by atoms with Crippen LogP contribution in [-0.4, -0.2) is 38.8 Å². The Kier molecular flexibility index (Phi) is 7.29. The first-order valence-electron chi connectivity index (χ1n) is 8.76. The first-order chi connectivity index (χ1) is 14.0. The van der Waals surface area contributed by atoms with E-state index in [0.29, 0.717) is 22.5 Å². The van der Waals surface area contributed by atoms with Crippen LogP contribution in [0.25, 0.3) is 11.3 Å². The number of ether oxygens (including phenoxy) is 1. The number of carbonyl (C=O) groups is 2. The SMILES string of the molecule is CCOC(=O)Cc1csc(NC(=O)CSc2ncc(-c3ccc(Cl)cc3)n2C)n1. The lowest BCUT2D eigenvalue weighted by molar-refractivity contribution is -0.142. The summed E-state index contributed by atoms with van der Waals surface area (Å²) in [5, 5.41) is 6.34. The first kappa shape index (κ1) is 21.4. The molecule has 0 aliphatic rings. The van der Waals surface area contributed by atoms with Crippen molar-refractivity contribution in [1.29, 1.82) is 0 Å². The monoisotopic (exact) mass is 450 g/mol. The molecule has 0 atom stereocenters. The van der Waals surface area contributed by atoms with Crippen LogP contribution in [0.3, 0.4) is 0 Å². The highest BCUT2D eigenvalue weighted by atomic mass is 35.5. The summed E-state index contributed by atoms with van der Waals surface area (Å²) in [6.07, 6.45) is 1.86. The van der Waals surface area contributed by atoms with Crippen molar-refractivity contribution in [1.82, 2.24) is 14.5 Å². The molecule has 0 aliphatic heterocycles. The zero-order valence-corrected chi connectivity index (χ0v) is 18.2. The maximum Gasteiger partial charge on any atom is 0.311 e. The molecule has 1 amide bonds. The molecule has 0 unspecified atom stereocenters. The zero-order valence-electron chi connectivity index (χ0n) is 15.8. The highest BCUT2D eigenvalue weighted by Gasteiger charge is 2.13. The van der Waals surface area contributed by atoms with Gasteiger partial charge in [0.2, 0.25) is 5.91 Å². The number of carbonyl (C=O) groups excluding carboxylic acids is 2. The summed E-state index contributed by atoms with van der Waals surface area (Å²) < 4.78 is 6.83. The number of hydrogen-bond acceptors (Lipinski definition) is 7. The van der Waals surface area contributed by atoms with Crippen LogP contribution in [0, 0.1) is 0 Å². The van der Waals surface area contributed by atoms with E-state index in [4.69, 9.17) is 16.3 Å². The molecule has 0 aliphatic carbocycles. The van der Waals surface area contributed by atoms with Crippen molar-refractivity contribution in [2.45, 2.75) is 18.5 Å². The van der Waals surface area contributed by atoms with Gasteiger partial charge in [-0.3, -0.25) is 9.59 Å². The molecule has 3 rings (SSSR count). The van der Waals surface area contributed by atoms with Crippen molar-refractivity contribution in [2.24, 2.45) is 7.05 Å². The fourth-order valence-electron chi connectivity index (χ4n) is 2.51. The van der Waals surface area contributed by atoms with Crippen LogP contribution in [0.4, 0.5) is 5.13 Å². The van der Waals surface area contributed by atoms with Gasteiger partial charge in [0.15, 0.2) is 10.3 Å². The number of thiazole rings is 1. The van der Waals surface area contributed by atoms with E-state index in [2.05, 4.69) is 15.3 Å². The number of anilines is 1. The summed E-state index contributed by atoms with van der Waals surface area (Å²) in [7, 11) is 1.90. The third-order valence-electron chi connectivity index (χ3n) is 3.85. The largest absolute Gasteiger partial charge is 0.466 e. The molecule has 0 fully saturated rings. The van der Waals surface area contributed by atoms with Gasteiger partial charge >= 0.3 is 5.97 Å². The predicted molar refractivity (Wildman–Crippen MR) is 115 cm³/mol. The average molecular weight is 451 g/mol. The van der Waals surface area contributed by atoms with Gasteiger partial charge in [-0.1, -0.05) is 35.5 Å². The number of amides is 1. The van der Waals surface area contributed by atoms with E-state index in [9.17, 15) is 9.59 Å². The first-order valence-corrected chi connectivity index (χ1v) is 11.0. The van der Waals surface area contributed by atoms with E-state index in [1.807, 2.05) is 35.9 Å². The van der Waals surface area contributed by atoms with Crippen LogP contribution in [0.15, 0.2) is 41.0 Å². The van der Waals surface area contributed by atoms with Crippen LogP contribution in [-0.2, 0) is 27.8 Å². The van der Waals surface area contributed by atoms with E-state index in [0.717, 1.165) is 16.4 Å². The third-order valence-corrected chi connectivity index (χ3v) is 5.95. The molecular weight excluding hydrogens is 432 g/mol. The molecule has 0 saturated heterocycles. The van der Waals surface area contributed by atoms with Crippen LogP contribution in [0.1, 0.15) is 12.6 Å². The molecule has 1 N–H and O–H groups in total. The van der Waals surface area contributed by atoms with Gasteiger partial charge in [0, 0.05) is 17.5 Å². The minimum absolute atomic E-state index is 0.0930. The number of hydrogen-bond donors (Lipinski definition) is 1. The Bertz CT molecular complexity index is 1000. The van der Waals surface area contributed by atoms with Crippen molar-refractivity contribution in [2.75, 3.05) is 17.7 Å². The molecule has 0 radical (unpaired) electrons. The van der Waals surface area contributed by atoms with E-state index >= 15 is 0 Å². The molecule has 2 heterocycles. The van der Waals surface area contributed by atoms with E-state index < -0.39 is 0 Å². The molecule has 7 nitrogen and oxygen atoms in total. The van der Waals surface area contributed by atoms with Gasteiger partial charge in [-0.2, -0.15) is 0 Å². The van der Waals surface area contributed by atoms with E-state index in [1.165, 1.54) is 23.1 Å². The molecule has 0 bridgehead atoms. The van der Waals surface area contributed by atoms with Gasteiger partial charge in [-0.05, 0) is 24.6 Å². The number of aromatic nitrogens is 3. The Hall–Kier alpha value is -2.36. The fourth-order valence-corrected chi connectivity index (χ4v) is 4.11. The van der Waals surface area contributed by atoms with Crippen LogP contribution in [0.5, 0.6) is 0 Å². The Balaban J connectivity index is 1.54. The quantitative estimate of drug-likeness (QED) is 0.412. The third kappa shape index (κ3) is 5.81. The number of imidazole rings is 1. The fraction of sp³-hybridized carbons (Fsp3) is 0.263. The van der Waals surface area contributed by atoms with Gasteiger partial charge in [0.25, 0.3) is 0 Å². The number of rotatable bonds is 8. The Morgan fingerprint density at radius 2 is 2.07 bits per heavy atom. The molecule has 29 heavy (non-hydrogen) atoms. The maximum atomic E-state index is 12.2. The number of nitrogens with zero attached hydrogens (tertiary/aromatic N) is 3. The van der Waals surface area contributed by atoms with Gasteiger partial charge in [-0.25, -0.2) is 9.97 Å². The Labute approximate surface area is 181 Å². The van der Waals surface area contributed by atoms with E-state index in [-0.39, 0.29) is 24.1 Å². The Morgan fingerprint density at radius 3 is 2.79 bits per heavy atom. The van der Waals surface area contributed by atoms with Crippen LogP contribution < -0.4 is 5.32 Å². The van der Waals surface area contributed by atoms with Gasteiger partial charge < -0.3 is 14.6 Å². The normalized spacial score (nSPS) is 10.7. The summed E-state index contributed by atoms with van der Waals surface area (Å²) in [5.41, 5.74) is 2.51. The van der Waals surface area contributed by atoms with E-state index in [1.54, 1.807) is 18.5 Å². The van der Waals surface area contributed by atoms with Crippen molar-refractivity contribution in [3.63, 3.8) is 0 Å². The average Bonchev–Trinajstić information content (AvgIpc) is 3.27. The van der Waals surface area contributed by atoms with Crippen LogP contribution >= 0.6 is 34.7 Å². The zero-order chi connectivity index (χ0) is 20.8.